The fraction of sp³-hybridized carbons (Fsp3) is 0.222. The van der Waals surface area contributed by atoms with Gasteiger partial charge in [-0.1, -0.05) is 23.2 Å². The van der Waals surface area contributed by atoms with Gasteiger partial charge in [-0.05, 0) is 39.2 Å². The summed E-state index contributed by atoms with van der Waals surface area (Å²) in [6.45, 7) is 2.63. The Morgan fingerprint density at radius 2 is 2.04 bits per heavy atom. The molecule has 3 aromatic heterocycles. The number of carbonyl (C=O) groups excluding carboxylic acids is 1. The van der Waals surface area contributed by atoms with E-state index in [1.165, 1.54) is 23.5 Å². The lowest BCUT2D eigenvalue weighted by atomic mass is 10.3. The molecular weight excluding hydrogens is 416 g/mol. The van der Waals surface area contributed by atoms with Crippen LogP contribution in [0.3, 0.4) is 0 Å². The molecule has 0 atom stereocenters. The second-order valence-electron chi connectivity index (χ2n) is 5.98. The number of hydrogen-bond donors (Lipinski definition) is 1. The molecule has 3 rings (SSSR count). The van der Waals surface area contributed by atoms with Gasteiger partial charge in [0.1, 0.15) is 0 Å². The third-order valence-corrected chi connectivity index (χ3v) is 6.39. The Hall–Kier alpha value is -2.58. The van der Waals surface area contributed by atoms with Crippen molar-refractivity contribution >= 4 is 50.1 Å². The number of aromatic nitrogens is 1. The average Bonchev–Trinajstić information content (AvgIpc) is 3.34. The molecule has 0 saturated heterocycles. The summed E-state index contributed by atoms with van der Waals surface area (Å²) in [6, 6.07) is 6.70. The number of amides is 1. The second kappa shape index (κ2) is 8.62. The van der Waals surface area contributed by atoms with Crippen LogP contribution in [0.5, 0.6) is 0 Å². The SMILES string of the molecule is Cc1sc(NC(=O)c2ccc([N+](=O)[O-])s2)nc1-c1ccc(C#CCN(C)C)s1. The highest BCUT2D eigenvalue weighted by Crippen LogP contribution is 2.35. The highest BCUT2D eigenvalue weighted by molar-refractivity contribution is 7.19. The number of hydrogen-bond acceptors (Lipinski definition) is 8. The van der Waals surface area contributed by atoms with Crippen LogP contribution in [-0.2, 0) is 0 Å². The van der Waals surface area contributed by atoms with E-state index < -0.39 is 10.8 Å². The van der Waals surface area contributed by atoms with E-state index in [0.717, 1.165) is 31.7 Å². The minimum atomic E-state index is -0.511. The number of nitro groups is 1. The van der Waals surface area contributed by atoms with Crippen molar-refractivity contribution in [1.29, 1.82) is 0 Å². The van der Waals surface area contributed by atoms with Gasteiger partial charge in [-0.3, -0.25) is 25.1 Å². The number of nitrogens with zero attached hydrogens (tertiary/aromatic N) is 3. The van der Waals surface area contributed by atoms with Crippen LogP contribution in [0, 0.1) is 28.9 Å². The molecule has 3 aromatic rings. The third kappa shape index (κ3) is 4.82. The maximum atomic E-state index is 12.3. The molecule has 0 unspecified atom stereocenters. The van der Waals surface area contributed by atoms with Gasteiger partial charge in [0.15, 0.2) is 5.13 Å². The average molecular weight is 433 g/mol. The minimum Gasteiger partial charge on any atom is -0.299 e. The number of anilines is 1. The van der Waals surface area contributed by atoms with Crippen LogP contribution in [0.25, 0.3) is 10.6 Å². The smallest absolute Gasteiger partial charge is 0.299 e. The molecule has 0 aliphatic heterocycles. The van der Waals surface area contributed by atoms with Crippen molar-refractivity contribution in [1.82, 2.24) is 9.88 Å². The Kier molecular flexibility index (Phi) is 6.21. The van der Waals surface area contributed by atoms with Crippen LogP contribution < -0.4 is 5.32 Å². The molecule has 0 saturated carbocycles. The van der Waals surface area contributed by atoms with Crippen molar-refractivity contribution in [3.63, 3.8) is 0 Å². The first kappa shape index (κ1) is 20.2. The first-order valence-electron chi connectivity index (χ1n) is 8.10. The zero-order valence-corrected chi connectivity index (χ0v) is 17.8. The van der Waals surface area contributed by atoms with E-state index in [2.05, 4.69) is 22.1 Å². The highest BCUT2D eigenvalue weighted by Gasteiger charge is 2.18. The lowest BCUT2D eigenvalue weighted by molar-refractivity contribution is -0.380. The molecule has 1 N–H and O–H groups in total. The maximum Gasteiger partial charge on any atom is 0.324 e. The van der Waals surface area contributed by atoms with Crippen molar-refractivity contribution in [2.45, 2.75) is 6.92 Å². The molecule has 3 heterocycles. The predicted octanol–water partition coefficient (Wildman–Crippen LogP) is 4.32. The first-order chi connectivity index (χ1) is 13.3. The fourth-order valence-corrected chi connectivity index (χ4v) is 4.73. The molecule has 28 heavy (non-hydrogen) atoms. The van der Waals surface area contributed by atoms with Crippen LogP contribution in [0.4, 0.5) is 10.1 Å². The Balaban J connectivity index is 1.74. The summed E-state index contributed by atoms with van der Waals surface area (Å²) in [7, 11) is 3.94. The first-order valence-corrected chi connectivity index (χ1v) is 10.5. The number of nitrogens with one attached hydrogen (secondary N) is 1. The van der Waals surface area contributed by atoms with E-state index >= 15 is 0 Å². The molecule has 0 aliphatic rings. The number of rotatable bonds is 5. The van der Waals surface area contributed by atoms with Crippen molar-refractivity contribution in [2.75, 3.05) is 26.0 Å². The van der Waals surface area contributed by atoms with Crippen molar-refractivity contribution < 1.29 is 9.72 Å². The van der Waals surface area contributed by atoms with E-state index in [4.69, 9.17) is 0 Å². The maximum absolute atomic E-state index is 12.3. The summed E-state index contributed by atoms with van der Waals surface area (Å²) in [5, 5.41) is 13.9. The van der Waals surface area contributed by atoms with Gasteiger partial charge >= 0.3 is 5.00 Å². The van der Waals surface area contributed by atoms with E-state index in [1.54, 1.807) is 11.3 Å². The molecular formula is C18H16N4O3S3. The molecule has 0 bridgehead atoms. The van der Waals surface area contributed by atoms with Crippen LogP contribution in [0.15, 0.2) is 24.3 Å². The van der Waals surface area contributed by atoms with Gasteiger partial charge in [0.25, 0.3) is 5.91 Å². The molecule has 0 aromatic carbocycles. The van der Waals surface area contributed by atoms with Gasteiger partial charge in [-0.15, -0.1) is 22.7 Å². The molecule has 0 aliphatic carbocycles. The van der Waals surface area contributed by atoms with E-state index in [1.807, 2.05) is 38.1 Å². The summed E-state index contributed by atoms with van der Waals surface area (Å²) in [5.41, 5.74) is 0.808. The molecule has 0 radical (unpaired) electrons. The summed E-state index contributed by atoms with van der Waals surface area (Å²) in [4.78, 5) is 32.3. The standard InChI is InChI=1S/C18H16N4O3S3/c1-11-16(13-7-6-12(27-13)5-4-10-21(2)3)19-18(26-11)20-17(23)14-8-9-15(28-14)22(24)25/h6-9H,10H2,1-3H3,(H,19,20,23). The Morgan fingerprint density at radius 1 is 1.25 bits per heavy atom. The van der Waals surface area contributed by atoms with E-state index in [0.29, 0.717) is 11.7 Å². The monoisotopic (exact) mass is 432 g/mol. The topological polar surface area (TPSA) is 88.4 Å². The van der Waals surface area contributed by atoms with Crippen molar-refractivity contribution in [2.24, 2.45) is 0 Å². The van der Waals surface area contributed by atoms with Crippen LogP contribution in [0.2, 0.25) is 0 Å². The van der Waals surface area contributed by atoms with Crippen molar-refractivity contribution in [3.05, 3.63) is 49.0 Å². The quantitative estimate of drug-likeness (QED) is 0.369. The largest absolute Gasteiger partial charge is 0.324 e. The van der Waals surface area contributed by atoms with Gasteiger partial charge in [0.05, 0.1) is 31.8 Å². The zero-order chi connectivity index (χ0) is 20.3. The molecule has 144 valence electrons. The predicted molar refractivity (Wildman–Crippen MR) is 115 cm³/mol. The third-order valence-electron chi connectivity index (χ3n) is 3.46. The molecule has 0 spiro atoms. The molecule has 0 fully saturated rings. The fourth-order valence-electron chi connectivity index (χ4n) is 2.20. The lowest BCUT2D eigenvalue weighted by Gasteiger charge is -2.00. The Morgan fingerprint density at radius 3 is 2.71 bits per heavy atom. The van der Waals surface area contributed by atoms with E-state index in [9.17, 15) is 14.9 Å². The molecule has 1 amide bonds. The summed E-state index contributed by atoms with van der Waals surface area (Å²) >= 11 is 3.76. The summed E-state index contributed by atoms with van der Waals surface area (Å²) in [6.07, 6.45) is 0. The minimum absolute atomic E-state index is 0.0670. The van der Waals surface area contributed by atoms with Gasteiger partial charge in [-0.2, -0.15) is 0 Å². The molecule has 7 nitrogen and oxygen atoms in total. The van der Waals surface area contributed by atoms with Crippen LogP contribution >= 0.6 is 34.0 Å². The van der Waals surface area contributed by atoms with Gasteiger partial charge in [0.2, 0.25) is 0 Å². The normalized spacial score (nSPS) is 10.6. The number of thiazole rings is 1. The highest BCUT2D eigenvalue weighted by atomic mass is 32.1. The van der Waals surface area contributed by atoms with Crippen LogP contribution in [-0.4, -0.2) is 41.4 Å². The van der Waals surface area contributed by atoms with E-state index in [-0.39, 0.29) is 9.88 Å². The second-order valence-corrected chi connectivity index (χ2v) is 9.33. The summed E-state index contributed by atoms with van der Waals surface area (Å²) < 4.78 is 0. The number of thiophene rings is 2. The van der Waals surface area contributed by atoms with Gasteiger partial charge < -0.3 is 0 Å². The number of carbonyl (C=O) groups is 1. The zero-order valence-electron chi connectivity index (χ0n) is 15.3. The lowest BCUT2D eigenvalue weighted by Crippen LogP contribution is -2.10. The Labute approximate surface area is 173 Å². The van der Waals surface area contributed by atoms with Gasteiger partial charge in [0, 0.05) is 10.9 Å². The van der Waals surface area contributed by atoms with Crippen LogP contribution in [0.1, 0.15) is 19.4 Å². The summed E-state index contributed by atoms with van der Waals surface area (Å²) in [5.74, 6) is 5.84. The Bertz CT molecular complexity index is 1090. The van der Waals surface area contributed by atoms with Gasteiger partial charge in [-0.25, -0.2) is 4.98 Å². The molecule has 10 heteroatoms. The van der Waals surface area contributed by atoms with Crippen molar-refractivity contribution in [3.8, 4) is 22.4 Å². The number of aryl methyl sites for hydroxylation is 1.